The average molecular weight is 314 g/mol. The third-order valence-corrected chi connectivity index (χ3v) is 4.57. The Kier molecular flexibility index (Phi) is 4.22. The largest absolute Gasteiger partial charge is 0.497 e. The lowest BCUT2D eigenvalue weighted by Gasteiger charge is -2.41. The first-order chi connectivity index (χ1) is 11.0. The monoisotopic (exact) mass is 314 g/mol. The van der Waals surface area contributed by atoms with Crippen molar-refractivity contribution in [1.29, 1.82) is 0 Å². The Morgan fingerprint density at radius 3 is 2.43 bits per heavy atom. The summed E-state index contributed by atoms with van der Waals surface area (Å²) in [5.74, 6) is 0.845. The number of methoxy groups -OCH3 is 1. The minimum absolute atomic E-state index is 0.0456. The highest BCUT2D eigenvalue weighted by Crippen LogP contribution is 2.42. The maximum Gasteiger partial charge on any atom is 0.242 e. The number of hydrogen-bond acceptors (Lipinski definition) is 4. The normalized spacial score (nSPS) is 21.7. The van der Waals surface area contributed by atoms with E-state index in [1.54, 1.807) is 17.1 Å². The first-order valence-corrected chi connectivity index (χ1v) is 7.93. The summed E-state index contributed by atoms with van der Waals surface area (Å²) >= 11 is 0. The van der Waals surface area contributed by atoms with Crippen LogP contribution in [0.1, 0.15) is 37.2 Å². The number of benzene rings is 1. The Balaban J connectivity index is 2.07. The summed E-state index contributed by atoms with van der Waals surface area (Å²) in [5, 5.41) is 3.45. The minimum atomic E-state index is -0.146. The predicted octanol–water partition coefficient (Wildman–Crippen LogP) is 2.49. The Morgan fingerprint density at radius 1 is 1.13 bits per heavy atom. The quantitative estimate of drug-likeness (QED) is 0.860. The van der Waals surface area contributed by atoms with Gasteiger partial charge in [0.1, 0.15) is 5.75 Å². The molecule has 1 aliphatic carbocycles. The molecule has 1 unspecified atom stereocenters. The second kappa shape index (κ2) is 6.16. The van der Waals surface area contributed by atoms with E-state index in [4.69, 9.17) is 4.74 Å². The Hall–Kier alpha value is -2.14. The Labute approximate surface area is 136 Å². The van der Waals surface area contributed by atoms with Crippen LogP contribution < -0.4 is 4.74 Å². The Morgan fingerprint density at radius 2 is 1.83 bits per heavy atom. The predicted molar refractivity (Wildman–Crippen MR) is 86.8 cm³/mol. The highest BCUT2D eigenvalue weighted by atomic mass is 16.5. The van der Waals surface area contributed by atoms with Gasteiger partial charge in [-0.2, -0.15) is 0 Å². The van der Waals surface area contributed by atoms with Crippen LogP contribution in [0.3, 0.4) is 0 Å². The zero-order chi connectivity index (χ0) is 16.6. The van der Waals surface area contributed by atoms with E-state index in [9.17, 15) is 9.59 Å². The van der Waals surface area contributed by atoms with Crippen molar-refractivity contribution in [2.24, 2.45) is 0 Å². The molecule has 1 aliphatic heterocycles. The van der Waals surface area contributed by atoms with Crippen LogP contribution >= 0.6 is 0 Å². The molecule has 1 heterocycles. The number of ether oxygens (including phenoxy) is 1. The van der Waals surface area contributed by atoms with Crippen molar-refractivity contribution in [3.05, 3.63) is 41.1 Å². The highest BCUT2D eigenvalue weighted by Gasteiger charge is 2.39. The highest BCUT2D eigenvalue weighted by molar-refractivity contribution is 6.01. The van der Waals surface area contributed by atoms with Crippen LogP contribution in [-0.4, -0.2) is 42.9 Å². The van der Waals surface area contributed by atoms with Crippen LogP contribution in [0, 0.1) is 0 Å². The van der Waals surface area contributed by atoms with Gasteiger partial charge in [0.05, 0.1) is 7.11 Å². The zero-order valence-corrected chi connectivity index (χ0v) is 13.8. The first-order valence-electron chi connectivity index (χ1n) is 7.93. The SMILES string of the molecule is COc1ccc(C2CC(=O)N(N(C)C)C3=C2C(=O)CCC3)cc1. The van der Waals surface area contributed by atoms with E-state index >= 15 is 0 Å². The van der Waals surface area contributed by atoms with Crippen molar-refractivity contribution < 1.29 is 14.3 Å². The smallest absolute Gasteiger partial charge is 0.242 e. The fraction of sp³-hybridized carbons (Fsp3) is 0.444. The van der Waals surface area contributed by atoms with E-state index in [1.807, 2.05) is 38.4 Å². The summed E-state index contributed by atoms with van der Waals surface area (Å²) in [6.45, 7) is 0. The fourth-order valence-corrected chi connectivity index (χ4v) is 3.56. The number of hydrazine groups is 1. The first kappa shape index (κ1) is 15.7. The van der Waals surface area contributed by atoms with Crippen molar-refractivity contribution in [1.82, 2.24) is 10.0 Å². The number of rotatable bonds is 3. The second-order valence-corrected chi connectivity index (χ2v) is 6.22. The molecule has 23 heavy (non-hydrogen) atoms. The van der Waals surface area contributed by atoms with Crippen LogP contribution in [-0.2, 0) is 9.59 Å². The lowest BCUT2D eigenvalue weighted by molar-refractivity contribution is -0.143. The van der Waals surface area contributed by atoms with E-state index in [0.717, 1.165) is 35.4 Å². The summed E-state index contributed by atoms with van der Waals surface area (Å²) in [6.07, 6.45) is 2.48. The lowest BCUT2D eigenvalue weighted by atomic mass is 9.77. The molecule has 0 N–H and O–H groups in total. The summed E-state index contributed by atoms with van der Waals surface area (Å²) in [5.41, 5.74) is 2.69. The molecule has 5 heteroatoms. The molecule has 122 valence electrons. The molecule has 5 nitrogen and oxygen atoms in total. The van der Waals surface area contributed by atoms with Gasteiger partial charge in [-0.1, -0.05) is 12.1 Å². The summed E-state index contributed by atoms with van der Waals surface area (Å²) in [4.78, 5) is 25.2. The third kappa shape index (κ3) is 2.77. The molecule has 0 spiro atoms. The van der Waals surface area contributed by atoms with E-state index in [0.29, 0.717) is 12.8 Å². The van der Waals surface area contributed by atoms with Crippen LogP contribution in [0.4, 0.5) is 0 Å². The molecule has 3 rings (SSSR count). The van der Waals surface area contributed by atoms with Gasteiger partial charge in [0.15, 0.2) is 5.78 Å². The number of Topliss-reactive ketones (excluding diaryl/α,β-unsaturated/α-hetero) is 1. The molecule has 0 saturated heterocycles. The standard InChI is InChI=1S/C18H22N2O3/c1-19(2)20-15-5-4-6-16(21)18(15)14(11-17(20)22)12-7-9-13(23-3)10-8-12/h7-10,14H,4-6,11H2,1-3H3. The fourth-order valence-electron chi connectivity index (χ4n) is 3.56. The number of hydrogen-bond donors (Lipinski definition) is 0. The molecule has 0 saturated carbocycles. The second-order valence-electron chi connectivity index (χ2n) is 6.22. The molecule has 1 amide bonds. The maximum atomic E-state index is 12.6. The van der Waals surface area contributed by atoms with Crippen molar-refractivity contribution >= 4 is 11.7 Å². The third-order valence-electron chi connectivity index (χ3n) is 4.57. The molecule has 0 bridgehead atoms. The lowest BCUT2D eigenvalue weighted by Crippen LogP contribution is -2.47. The number of ketones is 1. The van der Waals surface area contributed by atoms with Gasteiger partial charge in [0.25, 0.3) is 0 Å². The summed E-state index contributed by atoms with van der Waals surface area (Å²) in [7, 11) is 5.31. The Bertz CT molecular complexity index is 661. The molecule has 0 radical (unpaired) electrons. The summed E-state index contributed by atoms with van der Waals surface area (Å²) < 4.78 is 5.19. The van der Waals surface area contributed by atoms with E-state index in [-0.39, 0.29) is 17.6 Å². The van der Waals surface area contributed by atoms with Crippen LogP contribution in [0.5, 0.6) is 5.75 Å². The van der Waals surface area contributed by atoms with Crippen molar-refractivity contribution in [2.75, 3.05) is 21.2 Å². The van der Waals surface area contributed by atoms with Crippen molar-refractivity contribution in [3.8, 4) is 5.75 Å². The van der Waals surface area contributed by atoms with E-state index in [2.05, 4.69) is 0 Å². The molecule has 1 aromatic carbocycles. The van der Waals surface area contributed by atoms with Gasteiger partial charge in [-0.3, -0.25) is 9.59 Å². The molecular weight excluding hydrogens is 292 g/mol. The summed E-state index contributed by atoms with van der Waals surface area (Å²) in [6, 6.07) is 7.67. The van der Waals surface area contributed by atoms with Crippen LogP contribution in [0.2, 0.25) is 0 Å². The van der Waals surface area contributed by atoms with Crippen LogP contribution in [0.15, 0.2) is 35.5 Å². The van der Waals surface area contributed by atoms with E-state index in [1.165, 1.54) is 0 Å². The minimum Gasteiger partial charge on any atom is -0.497 e. The van der Waals surface area contributed by atoms with Gasteiger partial charge >= 0.3 is 0 Å². The van der Waals surface area contributed by atoms with Crippen LogP contribution in [0.25, 0.3) is 0 Å². The number of amides is 1. The average Bonchev–Trinajstić information content (AvgIpc) is 2.54. The van der Waals surface area contributed by atoms with Gasteiger partial charge in [-0.25, -0.2) is 10.0 Å². The molecule has 1 atom stereocenters. The van der Waals surface area contributed by atoms with Gasteiger partial charge in [-0.15, -0.1) is 0 Å². The molecule has 1 aromatic rings. The van der Waals surface area contributed by atoms with Crippen molar-refractivity contribution in [3.63, 3.8) is 0 Å². The van der Waals surface area contributed by atoms with Gasteiger partial charge in [0.2, 0.25) is 5.91 Å². The number of nitrogens with zero attached hydrogens (tertiary/aromatic N) is 2. The van der Waals surface area contributed by atoms with Gasteiger partial charge < -0.3 is 4.74 Å². The zero-order valence-electron chi connectivity index (χ0n) is 13.8. The maximum absolute atomic E-state index is 12.6. The number of allylic oxidation sites excluding steroid dienone is 2. The topological polar surface area (TPSA) is 49.9 Å². The molecule has 0 fully saturated rings. The van der Waals surface area contributed by atoms with Gasteiger partial charge in [0, 0.05) is 44.1 Å². The van der Waals surface area contributed by atoms with E-state index < -0.39 is 0 Å². The van der Waals surface area contributed by atoms with Crippen molar-refractivity contribution in [2.45, 2.75) is 31.6 Å². The number of carbonyl (C=O) groups excluding carboxylic acids is 2. The van der Waals surface area contributed by atoms with Gasteiger partial charge in [-0.05, 0) is 30.5 Å². The molecule has 0 aromatic heterocycles. The molecule has 2 aliphatic rings. The number of carbonyl (C=O) groups is 2. The molecular formula is C18H22N2O3.